The van der Waals surface area contributed by atoms with Crippen molar-refractivity contribution in [3.05, 3.63) is 66.2 Å². The first kappa shape index (κ1) is 15.3. The number of rotatable bonds is 4. The van der Waals surface area contributed by atoms with Gasteiger partial charge in [0.15, 0.2) is 0 Å². The van der Waals surface area contributed by atoms with Gasteiger partial charge in [-0.05, 0) is 66.6 Å². The lowest BCUT2D eigenvalue weighted by molar-refractivity contribution is 0.949. The fraction of sp³-hybridized carbons (Fsp3) is 0.364. The molecular formula is C22H26N2. The zero-order valence-corrected chi connectivity index (χ0v) is 14.4. The molecule has 2 heterocycles. The maximum absolute atomic E-state index is 4.32. The summed E-state index contributed by atoms with van der Waals surface area (Å²) < 4.78 is 0. The van der Waals surface area contributed by atoms with E-state index in [-0.39, 0.29) is 0 Å². The molecule has 0 aliphatic carbocycles. The first-order valence-electron chi connectivity index (χ1n) is 9.21. The Hall–Kier alpha value is -2.22. The minimum atomic E-state index is 1.11. The number of benzene rings is 2. The summed E-state index contributed by atoms with van der Waals surface area (Å²) in [4.78, 5) is 4.94. The van der Waals surface area contributed by atoms with Crippen LogP contribution in [0.25, 0.3) is 5.57 Å². The number of hydrogen-bond donors (Lipinski definition) is 0. The number of nitrogens with zero attached hydrogens (tertiary/aromatic N) is 2. The predicted molar refractivity (Wildman–Crippen MR) is 104 cm³/mol. The van der Waals surface area contributed by atoms with Gasteiger partial charge in [-0.15, -0.1) is 0 Å². The monoisotopic (exact) mass is 318 g/mol. The van der Waals surface area contributed by atoms with Crippen molar-refractivity contribution in [1.82, 2.24) is 0 Å². The lowest BCUT2D eigenvalue weighted by atomic mass is 9.99. The maximum atomic E-state index is 4.32. The Morgan fingerprint density at radius 1 is 0.583 bits per heavy atom. The Morgan fingerprint density at radius 3 is 1.25 bits per heavy atom. The predicted octanol–water partition coefficient (Wildman–Crippen LogP) is 4.95. The molecule has 124 valence electrons. The van der Waals surface area contributed by atoms with Gasteiger partial charge in [-0.1, -0.05) is 30.8 Å². The second kappa shape index (κ2) is 6.72. The summed E-state index contributed by atoms with van der Waals surface area (Å²) in [6.07, 6.45) is 5.27. The summed E-state index contributed by atoms with van der Waals surface area (Å²) in [5.41, 5.74) is 6.22. The zero-order chi connectivity index (χ0) is 16.4. The quantitative estimate of drug-likeness (QED) is 0.787. The first-order valence-corrected chi connectivity index (χ1v) is 9.21. The average Bonchev–Trinajstić information content (AvgIpc) is 3.35. The number of anilines is 2. The lowest BCUT2D eigenvalue weighted by Gasteiger charge is -2.19. The summed E-state index contributed by atoms with van der Waals surface area (Å²) in [5, 5.41) is 0. The largest absolute Gasteiger partial charge is 0.372 e. The Labute approximate surface area is 145 Å². The van der Waals surface area contributed by atoms with Gasteiger partial charge in [0.05, 0.1) is 0 Å². The van der Waals surface area contributed by atoms with Crippen molar-refractivity contribution in [2.75, 3.05) is 36.0 Å². The fourth-order valence-corrected chi connectivity index (χ4v) is 3.86. The molecule has 0 atom stereocenters. The summed E-state index contributed by atoms with van der Waals surface area (Å²) >= 11 is 0. The second-order valence-electron chi connectivity index (χ2n) is 6.96. The molecule has 0 unspecified atom stereocenters. The van der Waals surface area contributed by atoms with Gasteiger partial charge in [0.2, 0.25) is 0 Å². The second-order valence-corrected chi connectivity index (χ2v) is 6.96. The zero-order valence-electron chi connectivity index (χ0n) is 14.4. The molecule has 2 fully saturated rings. The molecule has 0 spiro atoms. The van der Waals surface area contributed by atoms with Gasteiger partial charge in [-0.3, -0.25) is 0 Å². The Bertz CT molecular complexity index is 626. The van der Waals surface area contributed by atoms with E-state index in [2.05, 4.69) is 64.9 Å². The summed E-state index contributed by atoms with van der Waals surface area (Å²) in [6, 6.07) is 17.8. The molecule has 2 heteroatoms. The average molecular weight is 318 g/mol. The SMILES string of the molecule is C=C(c1ccc(N2CCCC2)cc1)c1ccc(N2CCCC2)cc1. The third kappa shape index (κ3) is 3.06. The molecule has 2 nitrogen and oxygen atoms in total. The van der Waals surface area contributed by atoms with E-state index in [0.717, 1.165) is 5.57 Å². The van der Waals surface area contributed by atoms with Crippen molar-refractivity contribution in [2.24, 2.45) is 0 Å². The minimum absolute atomic E-state index is 1.11. The van der Waals surface area contributed by atoms with Crippen LogP contribution >= 0.6 is 0 Å². The van der Waals surface area contributed by atoms with E-state index >= 15 is 0 Å². The fourth-order valence-electron chi connectivity index (χ4n) is 3.86. The van der Waals surface area contributed by atoms with Crippen molar-refractivity contribution < 1.29 is 0 Å². The third-order valence-corrected chi connectivity index (χ3v) is 5.37. The molecule has 2 saturated heterocycles. The summed E-state index contributed by atoms with van der Waals surface area (Å²) in [5.74, 6) is 0. The van der Waals surface area contributed by atoms with Crippen molar-refractivity contribution in [3.8, 4) is 0 Å². The van der Waals surface area contributed by atoms with Crippen LogP contribution in [0.2, 0.25) is 0 Å². The van der Waals surface area contributed by atoms with Crippen LogP contribution in [0.15, 0.2) is 55.1 Å². The van der Waals surface area contributed by atoms with Crippen LogP contribution in [0.4, 0.5) is 11.4 Å². The molecule has 0 aromatic heterocycles. The Morgan fingerprint density at radius 2 is 0.917 bits per heavy atom. The van der Waals surface area contributed by atoms with E-state index in [4.69, 9.17) is 0 Å². The van der Waals surface area contributed by atoms with E-state index in [1.54, 1.807) is 0 Å². The van der Waals surface area contributed by atoms with Crippen LogP contribution in [0.5, 0.6) is 0 Å². The van der Waals surface area contributed by atoms with Crippen molar-refractivity contribution >= 4 is 16.9 Å². The van der Waals surface area contributed by atoms with Crippen molar-refractivity contribution in [3.63, 3.8) is 0 Å². The van der Waals surface area contributed by atoms with E-state index in [0.29, 0.717) is 0 Å². The van der Waals surface area contributed by atoms with Crippen molar-refractivity contribution in [2.45, 2.75) is 25.7 Å². The highest BCUT2D eigenvalue weighted by Crippen LogP contribution is 2.28. The smallest absolute Gasteiger partial charge is 0.0366 e. The van der Waals surface area contributed by atoms with Crippen molar-refractivity contribution in [1.29, 1.82) is 0 Å². The summed E-state index contributed by atoms with van der Waals surface area (Å²) in [6.45, 7) is 9.09. The minimum Gasteiger partial charge on any atom is -0.372 e. The van der Waals surface area contributed by atoms with Gasteiger partial charge in [-0.25, -0.2) is 0 Å². The molecule has 0 N–H and O–H groups in total. The highest BCUT2D eigenvalue weighted by molar-refractivity contribution is 5.79. The molecule has 0 radical (unpaired) electrons. The molecule has 2 aromatic carbocycles. The number of hydrogen-bond acceptors (Lipinski definition) is 2. The van der Waals surface area contributed by atoms with Crippen LogP contribution in [-0.4, -0.2) is 26.2 Å². The molecule has 2 aromatic rings. The van der Waals surface area contributed by atoms with Gasteiger partial charge < -0.3 is 9.80 Å². The van der Waals surface area contributed by atoms with Crippen LogP contribution in [-0.2, 0) is 0 Å². The summed E-state index contributed by atoms with van der Waals surface area (Å²) in [7, 11) is 0. The lowest BCUT2D eigenvalue weighted by Crippen LogP contribution is -2.17. The molecule has 2 aliphatic heterocycles. The van der Waals surface area contributed by atoms with Crippen LogP contribution < -0.4 is 9.80 Å². The molecule has 0 bridgehead atoms. The van der Waals surface area contributed by atoms with Crippen LogP contribution in [0.3, 0.4) is 0 Å². The standard InChI is InChI=1S/C22H26N2/c1-18(19-6-10-21(11-7-19)23-14-2-3-15-23)20-8-12-22(13-9-20)24-16-4-5-17-24/h6-13H,1-5,14-17H2. The maximum Gasteiger partial charge on any atom is 0.0366 e. The molecule has 0 amide bonds. The van der Waals surface area contributed by atoms with E-state index < -0.39 is 0 Å². The third-order valence-electron chi connectivity index (χ3n) is 5.37. The van der Waals surface area contributed by atoms with Gasteiger partial charge in [-0.2, -0.15) is 0 Å². The van der Waals surface area contributed by atoms with Gasteiger partial charge in [0, 0.05) is 37.6 Å². The topological polar surface area (TPSA) is 6.48 Å². The highest BCUT2D eigenvalue weighted by atomic mass is 15.1. The Balaban J connectivity index is 1.48. The molecule has 24 heavy (non-hydrogen) atoms. The Kier molecular flexibility index (Phi) is 4.29. The highest BCUT2D eigenvalue weighted by Gasteiger charge is 2.14. The molecular weight excluding hydrogens is 292 g/mol. The van der Waals surface area contributed by atoms with Gasteiger partial charge in [0.25, 0.3) is 0 Å². The van der Waals surface area contributed by atoms with Gasteiger partial charge in [0.1, 0.15) is 0 Å². The molecule has 2 aliphatic rings. The molecule has 0 saturated carbocycles. The molecule has 4 rings (SSSR count). The normalized spacial score (nSPS) is 17.5. The van der Waals surface area contributed by atoms with E-state index in [1.807, 2.05) is 0 Å². The van der Waals surface area contributed by atoms with E-state index in [1.165, 1.54) is 74.4 Å². The van der Waals surface area contributed by atoms with Crippen LogP contribution in [0, 0.1) is 0 Å². The van der Waals surface area contributed by atoms with E-state index in [9.17, 15) is 0 Å². The first-order chi connectivity index (χ1) is 11.8. The van der Waals surface area contributed by atoms with Gasteiger partial charge >= 0.3 is 0 Å². The van der Waals surface area contributed by atoms with Crippen LogP contribution in [0.1, 0.15) is 36.8 Å².